The molecule has 0 amide bonds. The van der Waals surface area contributed by atoms with Crippen molar-refractivity contribution < 1.29 is 28.5 Å². The van der Waals surface area contributed by atoms with E-state index < -0.39 is 12.3 Å². The maximum atomic E-state index is 12.4. The monoisotopic (exact) mass is 448 g/mol. The summed E-state index contributed by atoms with van der Waals surface area (Å²) in [6.07, 6.45) is 8.00. The Hall–Kier alpha value is -3.80. The Morgan fingerprint density at radius 3 is 1.82 bits per heavy atom. The Balaban J connectivity index is 2.05. The molecule has 3 rings (SSSR count). The first-order chi connectivity index (χ1) is 16.1. The lowest BCUT2D eigenvalue weighted by Gasteiger charge is -2.16. The highest BCUT2D eigenvalue weighted by Gasteiger charge is 2.21. The van der Waals surface area contributed by atoms with Gasteiger partial charge >= 0.3 is 12.3 Å². The van der Waals surface area contributed by atoms with Crippen LogP contribution < -0.4 is 9.47 Å². The van der Waals surface area contributed by atoms with Crippen molar-refractivity contribution in [3.05, 3.63) is 72.7 Å². The fraction of sp³-hybridized carbons (Fsp3) is 0.259. The fourth-order valence-corrected chi connectivity index (χ4v) is 3.42. The number of hydrogen-bond donors (Lipinski definition) is 0. The van der Waals surface area contributed by atoms with Crippen LogP contribution in [-0.2, 0) is 9.47 Å². The highest BCUT2D eigenvalue weighted by Crippen LogP contribution is 2.44. The lowest BCUT2D eigenvalue weighted by Crippen LogP contribution is -2.10. The second-order valence-electron chi connectivity index (χ2n) is 7.46. The Morgan fingerprint density at radius 2 is 1.24 bits per heavy atom. The first kappa shape index (κ1) is 23.9. The molecule has 0 radical (unpaired) electrons. The van der Waals surface area contributed by atoms with Gasteiger partial charge in [0.1, 0.15) is 5.75 Å². The number of benzene rings is 3. The number of rotatable bonds is 8. The zero-order valence-corrected chi connectivity index (χ0v) is 19.1. The van der Waals surface area contributed by atoms with E-state index in [2.05, 4.69) is 0 Å². The van der Waals surface area contributed by atoms with Crippen molar-refractivity contribution in [3.8, 4) is 11.5 Å². The highest BCUT2D eigenvalue weighted by atomic mass is 16.7. The van der Waals surface area contributed by atoms with Crippen molar-refractivity contribution in [2.24, 2.45) is 0 Å². The fourth-order valence-electron chi connectivity index (χ4n) is 3.42. The third kappa shape index (κ3) is 5.92. The SMILES string of the molecule is CCC/C=C/OC(=O)Oc1c2ccccc2c(OC(=O)O/C=C/CCC)c2c(C)cccc12. The van der Waals surface area contributed by atoms with Gasteiger partial charge < -0.3 is 18.9 Å². The van der Waals surface area contributed by atoms with Gasteiger partial charge in [0.2, 0.25) is 0 Å². The number of allylic oxidation sites excluding steroid dienone is 2. The van der Waals surface area contributed by atoms with Crippen molar-refractivity contribution in [2.75, 3.05) is 0 Å². The van der Waals surface area contributed by atoms with Gasteiger partial charge in [-0.3, -0.25) is 0 Å². The van der Waals surface area contributed by atoms with Gasteiger partial charge in [0.15, 0.2) is 5.75 Å². The molecule has 0 aliphatic heterocycles. The Bertz CT molecular complexity index is 1190. The molecule has 0 fully saturated rings. The first-order valence-electron chi connectivity index (χ1n) is 11.1. The van der Waals surface area contributed by atoms with E-state index in [1.807, 2.05) is 51.1 Å². The first-order valence-corrected chi connectivity index (χ1v) is 11.1. The van der Waals surface area contributed by atoms with E-state index in [9.17, 15) is 9.59 Å². The molecule has 3 aromatic carbocycles. The molecule has 0 saturated heterocycles. The summed E-state index contributed by atoms with van der Waals surface area (Å²) in [6, 6.07) is 12.8. The maximum Gasteiger partial charge on any atom is 0.518 e. The molecule has 6 nitrogen and oxygen atoms in total. The van der Waals surface area contributed by atoms with Gasteiger partial charge in [-0.15, -0.1) is 0 Å². The number of aryl methyl sites for hydroxylation is 1. The molecule has 0 saturated carbocycles. The molecule has 0 atom stereocenters. The molecule has 0 N–H and O–H groups in total. The summed E-state index contributed by atoms with van der Waals surface area (Å²) in [7, 11) is 0. The van der Waals surface area contributed by atoms with Crippen LogP contribution in [-0.4, -0.2) is 12.3 Å². The summed E-state index contributed by atoms with van der Waals surface area (Å²) in [6.45, 7) is 5.96. The van der Waals surface area contributed by atoms with Gasteiger partial charge in [0.25, 0.3) is 0 Å². The van der Waals surface area contributed by atoms with Crippen LogP contribution in [0.15, 0.2) is 67.1 Å². The van der Waals surface area contributed by atoms with Crippen molar-refractivity contribution in [1.29, 1.82) is 0 Å². The average Bonchev–Trinajstić information content (AvgIpc) is 2.81. The van der Waals surface area contributed by atoms with Crippen LogP contribution in [0.1, 0.15) is 45.1 Å². The third-order valence-corrected chi connectivity index (χ3v) is 4.96. The molecule has 33 heavy (non-hydrogen) atoms. The number of carbonyl (C=O) groups excluding carboxylic acids is 2. The minimum Gasteiger partial charge on any atom is -0.403 e. The van der Waals surface area contributed by atoms with E-state index in [0.29, 0.717) is 33.0 Å². The molecule has 172 valence electrons. The van der Waals surface area contributed by atoms with Gasteiger partial charge in [0.05, 0.1) is 12.5 Å². The lowest BCUT2D eigenvalue weighted by atomic mass is 9.97. The Kier molecular flexibility index (Phi) is 8.47. The molecule has 3 aromatic rings. The quantitative estimate of drug-likeness (QED) is 0.151. The maximum absolute atomic E-state index is 12.4. The molecule has 0 aliphatic carbocycles. The number of hydrogen-bond acceptors (Lipinski definition) is 6. The second-order valence-corrected chi connectivity index (χ2v) is 7.46. The van der Waals surface area contributed by atoms with E-state index in [4.69, 9.17) is 18.9 Å². The van der Waals surface area contributed by atoms with Crippen molar-refractivity contribution in [1.82, 2.24) is 0 Å². The summed E-state index contributed by atoms with van der Waals surface area (Å²) in [4.78, 5) is 24.8. The van der Waals surface area contributed by atoms with Gasteiger partial charge in [-0.05, 0) is 37.5 Å². The largest absolute Gasteiger partial charge is 0.518 e. The lowest BCUT2D eigenvalue weighted by molar-refractivity contribution is 0.134. The smallest absolute Gasteiger partial charge is 0.403 e. The van der Waals surface area contributed by atoms with Gasteiger partial charge in [-0.2, -0.15) is 0 Å². The molecule has 0 spiro atoms. The summed E-state index contributed by atoms with van der Waals surface area (Å²) in [5, 5.41) is 2.48. The van der Waals surface area contributed by atoms with Crippen molar-refractivity contribution in [2.45, 2.75) is 46.5 Å². The van der Waals surface area contributed by atoms with Crippen LogP contribution in [0.2, 0.25) is 0 Å². The number of unbranched alkanes of at least 4 members (excludes halogenated alkanes) is 2. The van der Waals surface area contributed by atoms with Crippen LogP contribution in [0.5, 0.6) is 11.5 Å². The third-order valence-electron chi connectivity index (χ3n) is 4.96. The molecular formula is C27H28O6. The molecule has 0 bridgehead atoms. The second kappa shape index (κ2) is 11.7. The molecule has 0 aromatic heterocycles. The molecule has 0 aliphatic rings. The normalized spacial score (nSPS) is 11.4. The number of carbonyl (C=O) groups is 2. The summed E-state index contributed by atoms with van der Waals surface area (Å²) >= 11 is 0. The Labute approximate surface area is 193 Å². The van der Waals surface area contributed by atoms with E-state index in [0.717, 1.165) is 31.2 Å². The average molecular weight is 449 g/mol. The highest BCUT2D eigenvalue weighted by molar-refractivity contribution is 6.13. The minimum absolute atomic E-state index is 0.335. The van der Waals surface area contributed by atoms with E-state index in [1.165, 1.54) is 12.5 Å². The zero-order valence-electron chi connectivity index (χ0n) is 19.1. The van der Waals surface area contributed by atoms with Crippen molar-refractivity contribution in [3.63, 3.8) is 0 Å². The van der Waals surface area contributed by atoms with Gasteiger partial charge in [0, 0.05) is 21.5 Å². The van der Waals surface area contributed by atoms with E-state index in [-0.39, 0.29) is 0 Å². The number of ether oxygens (including phenoxy) is 4. The standard InChI is InChI=1S/C27H28O6/c1-4-6-10-17-30-26(28)32-24-20-14-8-9-15-21(20)25(23-19(3)13-12-16-22(23)24)33-27(29)31-18-11-7-5-2/h8-18H,4-7H2,1-3H3/b17-10+,18-11+. The topological polar surface area (TPSA) is 71.1 Å². The Morgan fingerprint density at radius 1 is 0.727 bits per heavy atom. The molecule has 0 unspecified atom stereocenters. The zero-order chi connectivity index (χ0) is 23.6. The molecule has 0 heterocycles. The summed E-state index contributed by atoms with van der Waals surface area (Å²) in [5.41, 5.74) is 0.851. The molecular weight excluding hydrogens is 420 g/mol. The van der Waals surface area contributed by atoms with Crippen LogP contribution in [0, 0.1) is 6.92 Å². The van der Waals surface area contributed by atoms with Gasteiger partial charge in [-0.25, -0.2) is 9.59 Å². The summed E-state index contributed by atoms with van der Waals surface area (Å²) < 4.78 is 21.5. The van der Waals surface area contributed by atoms with E-state index in [1.54, 1.807) is 24.3 Å². The van der Waals surface area contributed by atoms with Crippen LogP contribution in [0.4, 0.5) is 9.59 Å². The van der Waals surface area contributed by atoms with E-state index >= 15 is 0 Å². The van der Waals surface area contributed by atoms with Crippen molar-refractivity contribution >= 4 is 33.9 Å². The predicted molar refractivity (Wildman–Crippen MR) is 129 cm³/mol. The minimum atomic E-state index is -0.843. The number of fused-ring (bicyclic) bond motifs is 2. The van der Waals surface area contributed by atoms with Gasteiger partial charge in [-0.1, -0.05) is 69.2 Å². The summed E-state index contributed by atoms with van der Waals surface area (Å²) in [5.74, 6) is 0.679. The van der Waals surface area contributed by atoms with Crippen LogP contribution in [0.3, 0.4) is 0 Å². The molecule has 6 heteroatoms. The van der Waals surface area contributed by atoms with Crippen LogP contribution >= 0.6 is 0 Å². The predicted octanol–water partition coefficient (Wildman–Crippen LogP) is 7.96. The van der Waals surface area contributed by atoms with Crippen LogP contribution in [0.25, 0.3) is 21.5 Å².